The van der Waals surface area contributed by atoms with Gasteiger partial charge in [-0.1, -0.05) is 23.9 Å². The second-order valence-corrected chi connectivity index (χ2v) is 4.13. The van der Waals surface area contributed by atoms with E-state index in [9.17, 15) is 4.39 Å². The number of benzene rings is 1. The van der Waals surface area contributed by atoms with Crippen molar-refractivity contribution >= 4 is 16.9 Å². The van der Waals surface area contributed by atoms with E-state index in [2.05, 4.69) is 4.99 Å². The third kappa shape index (κ3) is 5.14. The number of amidine groups is 1. The van der Waals surface area contributed by atoms with E-state index in [1.54, 1.807) is 13.2 Å². The number of nitrogens with two attached hydrogens (primary N) is 1. The lowest BCUT2D eigenvalue weighted by Gasteiger charge is -2.01. The number of hydrogen-bond acceptors (Lipinski definition) is 3. The summed E-state index contributed by atoms with van der Waals surface area (Å²) in [5, 5.41) is 0.501. The molecule has 1 rings (SSSR count). The first kappa shape index (κ1) is 13.0. The summed E-state index contributed by atoms with van der Waals surface area (Å²) in [5.41, 5.74) is 6.56. The van der Waals surface area contributed by atoms with Gasteiger partial charge in [0.2, 0.25) is 0 Å². The first-order valence-corrected chi connectivity index (χ1v) is 5.87. The molecule has 0 aliphatic carbocycles. The Morgan fingerprint density at radius 1 is 1.56 bits per heavy atom. The Balaban J connectivity index is 2.36. The Bertz CT molecular complexity index is 358. The summed E-state index contributed by atoms with van der Waals surface area (Å²) in [5.74, 6) is 0.396. The van der Waals surface area contributed by atoms with Crippen molar-refractivity contribution in [1.82, 2.24) is 0 Å². The quantitative estimate of drug-likeness (QED) is 0.488. The van der Waals surface area contributed by atoms with Crippen LogP contribution in [-0.4, -0.2) is 25.4 Å². The Kier molecular flexibility index (Phi) is 5.88. The number of nitrogens with zero attached hydrogens (tertiary/aromatic N) is 1. The average molecular weight is 242 g/mol. The second-order valence-electron chi connectivity index (χ2n) is 3.13. The number of thioether (sulfide) groups is 1. The van der Waals surface area contributed by atoms with Gasteiger partial charge < -0.3 is 10.5 Å². The van der Waals surface area contributed by atoms with Crippen LogP contribution in [0.3, 0.4) is 0 Å². The predicted octanol–water partition coefficient (Wildman–Crippen LogP) is 2.02. The Morgan fingerprint density at radius 3 is 3.06 bits per heavy atom. The molecule has 0 amide bonds. The minimum atomic E-state index is -0.229. The van der Waals surface area contributed by atoms with Crippen molar-refractivity contribution in [3.8, 4) is 0 Å². The van der Waals surface area contributed by atoms with E-state index in [1.165, 1.54) is 23.9 Å². The van der Waals surface area contributed by atoms with Gasteiger partial charge in [-0.2, -0.15) is 0 Å². The molecular formula is C11H15FN2OS. The van der Waals surface area contributed by atoms with E-state index in [-0.39, 0.29) is 5.82 Å². The molecule has 1 aromatic carbocycles. The molecule has 16 heavy (non-hydrogen) atoms. The topological polar surface area (TPSA) is 47.6 Å². The lowest BCUT2D eigenvalue weighted by molar-refractivity contribution is 0.208. The molecule has 0 aromatic heterocycles. The van der Waals surface area contributed by atoms with Gasteiger partial charge in [-0.25, -0.2) is 4.39 Å². The second kappa shape index (κ2) is 7.24. The molecule has 0 saturated heterocycles. The fourth-order valence-electron chi connectivity index (χ4n) is 1.08. The standard InChI is InChI=1S/C11H15FN2OS/c1-15-6-5-14-11(13)16-8-9-3-2-4-10(12)7-9/h2-4,7H,5-6,8H2,1H3,(H2,13,14). The molecule has 0 aliphatic heterocycles. The molecular weight excluding hydrogens is 227 g/mol. The summed E-state index contributed by atoms with van der Waals surface area (Å²) < 4.78 is 17.7. The molecule has 0 bridgehead atoms. The van der Waals surface area contributed by atoms with Gasteiger partial charge in [0, 0.05) is 12.9 Å². The number of rotatable bonds is 5. The normalized spacial score (nSPS) is 11.8. The van der Waals surface area contributed by atoms with Crippen LogP contribution < -0.4 is 5.73 Å². The first-order valence-electron chi connectivity index (χ1n) is 4.88. The molecule has 0 fully saturated rings. The zero-order valence-corrected chi connectivity index (χ0v) is 9.97. The van der Waals surface area contributed by atoms with Crippen molar-refractivity contribution in [2.45, 2.75) is 5.75 Å². The van der Waals surface area contributed by atoms with E-state index >= 15 is 0 Å². The molecule has 0 spiro atoms. The highest BCUT2D eigenvalue weighted by Crippen LogP contribution is 2.12. The van der Waals surface area contributed by atoms with Gasteiger partial charge in [0.1, 0.15) is 5.82 Å². The molecule has 2 N–H and O–H groups in total. The van der Waals surface area contributed by atoms with Crippen LogP contribution in [0.4, 0.5) is 4.39 Å². The highest BCUT2D eigenvalue weighted by Gasteiger charge is 1.98. The van der Waals surface area contributed by atoms with Crippen molar-refractivity contribution in [3.05, 3.63) is 35.6 Å². The minimum Gasteiger partial charge on any atom is -0.383 e. The highest BCUT2D eigenvalue weighted by molar-refractivity contribution is 8.13. The Labute approximate surface area is 98.9 Å². The smallest absolute Gasteiger partial charge is 0.154 e. The molecule has 1 aromatic rings. The van der Waals surface area contributed by atoms with Crippen molar-refractivity contribution < 1.29 is 9.13 Å². The van der Waals surface area contributed by atoms with Crippen LogP contribution in [0.25, 0.3) is 0 Å². The number of methoxy groups -OCH3 is 1. The lowest BCUT2D eigenvalue weighted by Crippen LogP contribution is -2.09. The molecule has 88 valence electrons. The summed E-state index contributed by atoms with van der Waals surface area (Å²) >= 11 is 1.39. The molecule has 0 radical (unpaired) electrons. The molecule has 5 heteroatoms. The highest BCUT2D eigenvalue weighted by atomic mass is 32.2. The molecule has 3 nitrogen and oxygen atoms in total. The van der Waals surface area contributed by atoms with Crippen LogP contribution in [0.5, 0.6) is 0 Å². The fraction of sp³-hybridized carbons (Fsp3) is 0.364. The van der Waals surface area contributed by atoms with Crippen molar-refractivity contribution in [3.63, 3.8) is 0 Å². The van der Waals surface area contributed by atoms with Crippen molar-refractivity contribution in [2.75, 3.05) is 20.3 Å². The van der Waals surface area contributed by atoms with E-state index in [1.807, 2.05) is 6.07 Å². The van der Waals surface area contributed by atoms with Crippen molar-refractivity contribution in [1.29, 1.82) is 0 Å². The van der Waals surface area contributed by atoms with E-state index in [0.717, 1.165) is 5.56 Å². The van der Waals surface area contributed by atoms with Crippen LogP contribution in [0, 0.1) is 5.82 Å². The summed E-state index contributed by atoms with van der Waals surface area (Å²) in [6.07, 6.45) is 0. The van der Waals surface area contributed by atoms with Gasteiger partial charge in [-0.15, -0.1) is 0 Å². The van der Waals surface area contributed by atoms with E-state index in [0.29, 0.717) is 24.1 Å². The minimum absolute atomic E-state index is 0.229. The summed E-state index contributed by atoms with van der Waals surface area (Å²) in [7, 11) is 1.62. The first-order chi connectivity index (χ1) is 7.72. The SMILES string of the molecule is COCCN=C(N)SCc1cccc(F)c1. The zero-order valence-electron chi connectivity index (χ0n) is 9.15. The number of aliphatic imine (C=N–C) groups is 1. The van der Waals surface area contributed by atoms with Crippen LogP contribution in [0.2, 0.25) is 0 Å². The number of ether oxygens (including phenoxy) is 1. The third-order valence-electron chi connectivity index (χ3n) is 1.84. The van der Waals surface area contributed by atoms with E-state index in [4.69, 9.17) is 10.5 Å². The molecule has 0 atom stereocenters. The Hall–Kier alpha value is -1.07. The lowest BCUT2D eigenvalue weighted by atomic mass is 10.2. The van der Waals surface area contributed by atoms with Gasteiger partial charge in [0.25, 0.3) is 0 Å². The fourth-order valence-corrected chi connectivity index (χ4v) is 1.75. The van der Waals surface area contributed by atoms with Gasteiger partial charge >= 0.3 is 0 Å². The largest absolute Gasteiger partial charge is 0.383 e. The van der Waals surface area contributed by atoms with E-state index < -0.39 is 0 Å². The maximum Gasteiger partial charge on any atom is 0.154 e. The number of hydrogen-bond donors (Lipinski definition) is 1. The van der Waals surface area contributed by atoms with Crippen LogP contribution in [0.15, 0.2) is 29.3 Å². The zero-order chi connectivity index (χ0) is 11.8. The monoisotopic (exact) mass is 242 g/mol. The molecule has 0 aliphatic rings. The van der Waals surface area contributed by atoms with Crippen molar-refractivity contribution in [2.24, 2.45) is 10.7 Å². The molecule has 0 saturated carbocycles. The van der Waals surface area contributed by atoms with Crippen LogP contribution in [-0.2, 0) is 10.5 Å². The molecule has 0 unspecified atom stereocenters. The predicted molar refractivity (Wildman–Crippen MR) is 66.1 cm³/mol. The Morgan fingerprint density at radius 2 is 2.38 bits per heavy atom. The maximum atomic E-state index is 12.9. The molecule has 0 heterocycles. The van der Waals surface area contributed by atoms with Crippen LogP contribution >= 0.6 is 11.8 Å². The summed E-state index contributed by atoms with van der Waals surface area (Å²) in [6.45, 7) is 1.11. The van der Waals surface area contributed by atoms with Gasteiger partial charge in [-0.3, -0.25) is 4.99 Å². The third-order valence-corrected chi connectivity index (χ3v) is 2.74. The maximum absolute atomic E-state index is 12.9. The van der Waals surface area contributed by atoms with Gasteiger partial charge in [0.15, 0.2) is 5.17 Å². The average Bonchev–Trinajstić information content (AvgIpc) is 2.27. The summed E-state index contributed by atoms with van der Waals surface area (Å²) in [6, 6.07) is 6.46. The summed E-state index contributed by atoms with van der Waals surface area (Å²) in [4.78, 5) is 4.09. The van der Waals surface area contributed by atoms with Crippen LogP contribution in [0.1, 0.15) is 5.56 Å². The van der Waals surface area contributed by atoms with Gasteiger partial charge in [-0.05, 0) is 17.7 Å². The van der Waals surface area contributed by atoms with Gasteiger partial charge in [0.05, 0.1) is 13.2 Å². The number of halogens is 1.